The van der Waals surface area contributed by atoms with Crippen molar-refractivity contribution in [2.45, 2.75) is 55.8 Å². The van der Waals surface area contributed by atoms with Gasteiger partial charge in [0, 0.05) is 52.9 Å². The first-order chi connectivity index (χ1) is 19.5. The number of ketones is 2. The summed E-state index contributed by atoms with van der Waals surface area (Å²) >= 11 is 12.5. The largest absolute Gasteiger partial charge is 0.493 e. The van der Waals surface area contributed by atoms with Gasteiger partial charge in [0.15, 0.2) is 17.3 Å². The van der Waals surface area contributed by atoms with Crippen LogP contribution in [-0.2, 0) is 24.5 Å². The third-order valence-corrected chi connectivity index (χ3v) is 9.28. The van der Waals surface area contributed by atoms with Gasteiger partial charge in [-0.1, -0.05) is 23.2 Å². The number of hydrogen-bond donors (Lipinski definition) is 1. The summed E-state index contributed by atoms with van der Waals surface area (Å²) < 4.78 is 36.9. The number of nitrogens with zero attached hydrogens (tertiary/aromatic N) is 1. The molecule has 1 heterocycles. The van der Waals surface area contributed by atoms with Crippen molar-refractivity contribution in [3.05, 3.63) is 74.5 Å². The first-order valence-electron chi connectivity index (χ1n) is 13.1. The number of aliphatic carboxylic acids is 1. The summed E-state index contributed by atoms with van der Waals surface area (Å²) in [6.07, 6.45) is 2.80. The van der Waals surface area contributed by atoms with Crippen LogP contribution in [0.2, 0.25) is 10.0 Å². The van der Waals surface area contributed by atoms with Crippen LogP contribution in [0.15, 0.2) is 63.8 Å². The molecule has 12 heteroatoms. The molecule has 2 aromatic carbocycles. The summed E-state index contributed by atoms with van der Waals surface area (Å²) in [7, 11) is -2.97. The molecule has 2 aromatic rings. The second-order valence-electron chi connectivity index (χ2n) is 10.0. The molecule has 3 aliphatic rings. The number of carboxylic acids is 1. The molecular formula is C29H27Cl2NO8S. The molecule has 5 rings (SSSR count). The fraction of sp³-hybridized carbons (Fsp3) is 0.345. The zero-order valence-electron chi connectivity index (χ0n) is 22.1. The van der Waals surface area contributed by atoms with Crippen molar-refractivity contribution in [3.8, 4) is 11.5 Å². The zero-order valence-corrected chi connectivity index (χ0v) is 24.4. The molecule has 1 aliphatic heterocycles. The van der Waals surface area contributed by atoms with Gasteiger partial charge in [0.2, 0.25) is 5.75 Å². The van der Waals surface area contributed by atoms with Gasteiger partial charge in [0.25, 0.3) is 0 Å². The van der Waals surface area contributed by atoms with Gasteiger partial charge in [-0.3, -0.25) is 14.4 Å². The second kappa shape index (κ2) is 11.5. The van der Waals surface area contributed by atoms with E-state index in [2.05, 4.69) is 0 Å². The third-order valence-electron chi connectivity index (χ3n) is 7.52. The maximum atomic E-state index is 13.4. The molecule has 0 saturated carbocycles. The van der Waals surface area contributed by atoms with Crippen molar-refractivity contribution < 1.29 is 36.8 Å². The number of hydrogen-bond acceptors (Lipinski definition) is 8. The Labute approximate surface area is 247 Å². The highest BCUT2D eigenvalue weighted by atomic mass is 35.5. The SMILES string of the molecule is COc1cc(C2C3=C(CCCC3=O)N(CCC(=O)O)C3=C2C(=O)CCC3)cc(Cl)c1OS(=O)(=O)c1ccc(Cl)cc1. The highest BCUT2D eigenvalue weighted by Gasteiger charge is 2.43. The van der Waals surface area contributed by atoms with E-state index in [0.717, 1.165) is 11.4 Å². The number of Topliss-reactive ketones (excluding diaryl/α,β-unsaturated/α-hetero) is 2. The summed E-state index contributed by atoms with van der Waals surface area (Å²) in [6, 6.07) is 8.47. The van der Waals surface area contributed by atoms with Gasteiger partial charge in [0.1, 0.15) is 4.90 Å². The van der Waals surface area contributed by atoms with Crippen LogP contribution in [0.1, 0.15) is 56.4 Å². The molecule has 0 fully saturated rings. The van der Waals surface area contributed by atoms with Gasteiger partial charge in [-0.05, 0) is 67.6 Å². The zero-order chi connectivity index (χ0) is 29.5. The van der Waals surface area contributed by atoms with Crippen molar-refractivity contribution in [2.24, 2.45) is 0 Å². The molecule has 0 aromatic heterocycles. The van der Waals surface area contributed by atoms with E-state index in [4.69, 9.17) is 32.1 Å². The normalized spacial score (nSPS) is 17.9. The number of ether oxygens (including phenoxy) is 1. The molecule has 0 amide bonds. The summed E-state index contributed by atoms with van der Waals surface area (Å²) in [6.45, 7) is 0.152. The number of halogens is 2. The number of methoxy groups -OCH3 is 1. The molecule has 0 atom stereocenters. The second-order valence-corrected chi connectivity index (χ2v) is 12.4. The van der Waals surface area contributed by atoms with E-state index in [1.807, 2.05) is 4.90 Å². The summed E-state index contributed by atoms with van der Waals surface area (Å²) in [5.41, 5.74) is 2.81. The van der Waals surface area contributed by atoms with Crippen LogP contribution in [0.5, 0.6) is 11.5 Å². The number of carbonyl (C=O) groups is 3. The monoisotopic (exact) mass is 619 g/mol. The van der Waals surface area contributed by atoms with E-state index in [9.17, 15) is 27.9 Å². The van der Waals surface area contributed by atoms with Gasteiger partial charge in [-0.2, -0.15) is 8.42 Å². The molecule has 0 radical (unpaired) electrons. The van der Waals surface area contributed by atoms with Crippen LogP contribution in [0, 0.1) is 0 Å². The van der Waals surface area contributed by atoms with Crippen LogP contribution in [-0.4, -0.2) is 49.6 Å². The van der Waals surface area contributed by atoms with E-state index >= 15 is 0 Å². The van der Waals surface area contributed by atoms with E-state index in [1.165, 1.54) is 43.5 Å². The van der Waals surface area contributed by atoms with Gasteiger partial charge in [0.05, 0.1) is 18.6 Å². The average Bonchev–Trinajstić information content (AvgIpc) is 2.92. The maximum absolute atomic E-state index is 13.4. The molecule has 0 bridgehead atoms. The predicted molar refractivity (Wildman–Crippen MR) is 151 cm³/mol. The lowest BCUT2D eigenvalue weighted by molar-refractivity contribution is -0.137. The van der Waals surface area contributed by atoms with Crippen LogP contribution in [0.4, 0.5) is 0 Å². The Balaban J connectivity index is 1.63. The number of carbonyl (C=O) groups excluding carboxylic acids is 2. The quantitative estimate of drug-likeness (QED) is 0.372. The van der Waals surface area contributed by atoms with E-state index < -0.39 is 22.0 Å². The Hall–Kier alpha value is -3.34. The van der Waals surface area contributed by atoms with Gasteiger partial charge in [-0.15, -0.1) is 0 Å². The van der Waals surface area contributed by atoms with E-state index in [0.29, 0.717) is 60.3 Å². The minimum Gasteiger partial charge on any atom is -0.493 e. The molecular weight excluding hydrogens is 593 g/mol. The van der Waals surface area contributed by atoms with Gasteiger partial charge >= 0.3 is 16.1 Å². The van der Waals surface area contributed by atoms with E-state index in [-0.39, 0.29) is 45.9 Å². The fourth-order valence-electron chi connectivity index (χ4n) is 5.77. The number of benzene rings is 2. The maximum Gasteiger partial charge on any atom is 0.339 e. The van der Waals surface area contributed by atoms with E-state index in [1.54, 1.807) is 0 Å². The summed E-state index contributed by atoms with van der Waals surface area (Å²) in [5, 5.41) is 9.64. The number of carboxylic acid groups (broad SMARTS) is 1. The van der Waals surface area contributed by atoms with Crippen molar-refractivity contribution in [2.75, 3.05) is 13.7 Å². The van der Waals surface area contributed by atoms with Crippen LogP contribution < -0.4 is 8.92 Å². The summed E-state index contributed by atoms with van der Waals surface area (Å²) in [4.78, 5) is 40.0. The smallest absolute Gasteiger partial charge is 0.339 e. The van der Waals surface area contributed by atoms with Crippen molar-refractivity contribution in [1.82, 2.24) is 4.90 Å². The lowest BCUT2D eigenvalue weighted by atomic mass is 9.71. The Morgan fingerprint density at radius 1 is 0.976 bits per heavy atom. The van der Waals surface area contributed by atoms with Crippen LogP contribution in [0.25, 0.3) is 0 Å². The molecule has 41 heavy (non-hydrogen) atoms. The van der Waals surface area contributed by atoms with Gasteiger partial charge in [-0.25, -0.2) is 0 Å². The first kappa shape index (κ1) is 29.2. The molecule has 216 valence electrons. The predicted octanol–water partition coefficient (Wildman–Crippen LogP) is 5.66. The highest BCUT2D eigenvalue weighted by Crippen LogP contribution is 2.51. The number of allylic oxidation sites excluding steroid dienone is 4. The topological polar surface area (TPSA) is 127 Å². The Morgan fingerprint density at radius 2 is 1.56 bits per heavy atom. The first-order valence-corrected chi connectivity index (χ1v) is 15.3. The van der Waals surface area contributed by atoms with Crippen molar-refractivity contribution in [3.63, 3.8) is 0 Å². The van der Waals surface area contributed by atoms with Gasteiger partial charge < -0.3 is 18.9 Å². The highest BCUT2D eigenvalue weighted by molar-refractivity contribution is 7.87. The van der Waals surface area contributed by atoms with Crippen LogP contribution in [0.3, 0.4) is 0 Å². The Bertz CT molecular complexity index is 1570. The Morgan fingerprint density at radius 3 is 2.10 bits per heavy atom. The third kappa shape index (κ3) is 5.60. The molecule has 0 saturated heterocycles. The minimum absolute atomic E-state index is 0.00848. The standard InChI is InChI=1S/C29H27Cl2NO8S/c1-39-24-15-16(14-19(31)29(24)40-41(37,38)18-10-8-17(30)9-11-18)26-27-20(4-2-6-22(27)33)32(13-12-25(35)36)21-5-3-7-23(34)28(21)26/h8-11,14-15,26H,2-7,12-13H2,1H3,(H,35,36). The molecule has 0 spiro atoms. The van der Waals surface area contributed by atoms with Crippen molar-refractivity contribution >= 4 is 50.9 Å². The molecule has 9 nitrogen and oxygen atoms in total. The minimum atomic E-state index is -4.30. The average molecular weight is 621 g/mol. The fourth-order valence-corrected chi connectivity index (χ4v) is 7.16. The van der Waals surface area contributed by atoms with Crippen molar-refractivity contribution in [1.29, 1.82) is 0 Å². The Kier molecular flexibility index (Phi) is 8.18. The molecule has 1 N–H and O–H groups in total. The lowest BCUT2D eigenvalue weighted by Gasteiger charge is -2.44. The lowest BCUT2D eigenvalue weighted by Crippen LogP contribution is -2.39. The summed E-state index contributed by atoms with van der Waals surface area (Å²) in [5.74, 6) is -2.20. The number of rotatable bonds is 8. The molecule has 0 unspecified atom stereocenters. The molecule has 2 aliphatic carbocycles. The van der Waals surface area contributed by atoms with Crippen LogP contribution >= 0.6 is 23.2 Å².